The standard InChI is InChI=1S/C24H23OP2S.C24H27OP2.C23H23O3P2/c1-24(2,3)27(25)23-22(20-16-10-11-17-21(20)28-23)26(18-12-6-4-7-13-18)19-14-8-5-9-15-19;1-18-10-14-20(15-11-18)26(21-16-12-19(2)13-17-21)22-8-6-7-9-23(22)27(25)24(3,4)5;1-23(2,3)28(24)20-15-14-19-21(26-16-25-19)22(20)27(17-10-6-4-7-11-17)18-12-8-5-9-13-18/h4-17H,1-3H3;6-17H,1-5H3;4-15H,16H2,1-3H3/q3*+1. The van der Waals surface area contributed by atoms with E-state index in [2.05, 4.69) is 256 Å². The van der Waals surface area contributed by atoms with Crippen molar-refractivity contribution in [3.8, 4) is 11.5 Å². The monoisotopic (exact) mass is 1220 g/mol. The van der Waals surface area contributed by atoms with Crippen LogP contribution >= 0.6 is 58.5 Å². The average Bonchev–Trinajstić information content (AvgIpc) is 4.27. The first kappa shape index (κ1) is 61.7. The summed E-state index contributed by atoms with van der Waals surface area (Å²) >= 11 is 1.71. The van der Waals surface area contributed by atoms with Crippen LogP contribution in [0.15, 0.2) is 231 Å². The van der Waals surface area contributed by atoms with Crippen molar-refractivity contribution in [2.45, 2.75) is 91.6 Å². The van der Waals surface area contributed by atoms with Gasteiger partial charge in [-0.15, -0.1) is 0 Å². The smallest absolute Gasteiger partial charge is 0.393 e. The van der Waals surface area contributed by atoms with Gasteiger partial charge in [-0.1, -0.05) is 236 Å². The van der Waals surface area contributed by atoms with Crippen molar-refractivity contribution in [2.75, 3.05) is 6.79 Å². The molecule has 0 aliphatic carbocycles. The topological polar surface area (TPSA) is 69.7 Å². The summed E-state index contributed by atoms with van der Waals surface area (Å²) in [6, 6.07) is 80.4. The minimum atomic E-state index is -1.63. The maximum Gasteiger partial charge on any atom is 0.393 e. The Kier molecular flexibility index (Phi) is 20.1. The minimum Gasteiger partial charge on any atom is -0.454 e. The third kappa shape index (κ3) is 14.6. The molecule has 0 amide bonds. The van der Waals surface area contributed by atoms with Crippen LogP contribution in [0.3, 0.4) is 0 Å². The number of fused-ring (bicyclic) bond motifs is 2. The summed E-state index contributed by atoms with van der Waals surface area (Å²) in [5, 5.41) is 13.3. The Hall–Kier alpha value is -5.87. The lowest BCUT2D eigenvalue weighted by atomic mass is 10.2. The second-order valence-electron chi connectivity index (χ2n) is 23.3. The zero-order valence-electron chi connectivity index (χ0n) is 49.3. The summed E-state index contributed by atoms with van der Waals surface area (Å²) in [6.07, 6.45) is 0. The predicted molar refractivity (Wildman–Crippen MR) is 367 cm³/mol. The van der Waals surface area contributed by atoms with E-state index >= 15 is 0 Å². The van der Waals surface area contributed by atoms with Gasteiger partial charge in [-0.25, -0.2) is 0 Å². The second-order valence-corrected chi connectivity index (χ2v) is 38.4. The second kappa shape index (κ2) is 27.0. The van der Waals surface area contributed by atoms with Gasteiger partial charge in [0.2, 0.25) is 12.1 Å². The molecule has 5 nitrogen and oxygen atoms in total. The van der Waals surface area contributed by atoms with Crippen molar-refractivity contribution in [3.63, 3.8) is 0 Å². The van der Waals surface area contributed by atoms with E-state index in [-0.39, 0.29) is 22.3 Å². The van der Waals surface area contributed by atoms with Gasteiger partial charge in [0.15, 0.2) is 32.3 Å². The van der Waals surface area contributed by atoms with Gasteiger partial charge in [0.1, 0.15) is 0 Å². The molecule has 420 valence electrons. The van der Waals surface area contributed by atoms with Crippen molar-refractivity contribution >= 4 is 132 Å². The highest BCUT2D eigenvalue weighted by molar-refractivity contribution is 7.83. The molecule has 0 bridgehead atoms. The molecule has 12 heteroatoms. The average molecular weight is 1220 g/mol. The van der Waals surface area contributed by atoms with Crippen LogP contribution in [-0.4, -0.2) is 22.3 Å². The highest BCUT2D eigenvalue weighted by Gasteiger charge is 2.45. The molecule has 0 saturated carbocycles. The van der Waals surface area contributed by atoms with E-state index in [1.165, 1.54) is 63.6 Å². The van der Waals surface area contributed by atoms with Gasteiger partial charge in [-0.05, 0) is 162 Å². The maximum absolute atomic E-state index is 13.6. The molecule has 0 fully saturated rings. The summed E-state index contributed by atoms with van der Waals surface area (Å²) in [6.45, 7) is 22.9. The van der Waals surface area contributed by atoms with E-state index in [4.69, 9.17) is 9.47 Å². The summed E-state index contributed by atoms with van der Waals surface area (Å²) in [4.78, 5) is 0. The number of hydrogen-bond acceptors (Lipinski definition) is 6. The molecule has 11 rings (SSSR count). The third-order valence-electron chi connectivity index (χ3n) is 13.7. The van der Waals surface area contributed by atoms with Crippen LogP contribution in [0.25, 0.3) is 10.1 Å². The molecule has 0 radical (unpaired) electrons. The Morgan fingerprint density at radius 2 is 0.759 bits per heavy atom. The predicted octanol–water partition coefficient (Wildman–Crippen LogP) is 15.6. The van der Waals surface area contributed by atoms with Gasteiger partial charge in [0.05, 0.1) is 10.6 Å². The van der Waals surface area contributed by atoms with Gasteiger partial charge in [0.25, 0.3) is 4.62 Å². The molecule has 3 unspecified atom stereocenters. The minimum absolute atomic E-state index is 0.199. The fourth-order valence-electron chi connectivity index (χ4n) is 9.49. The van der Waals surface area contributed by atoms with E-state index in [1.807, 2.05) is 51.1 Å². The highest BCUT2D eigenvalue weighted by atomic mass is 32.1. The van der Waals surface area contributed by atoms with Crippen LogP contribution in [0.4, 0.5) is 0 Å². The number of aryl methyl sites for hydroxylation is 2. The molecule has 0 saturated heterocycles. The fourth-order valence-corrected chi connectivity index (χ4v) is 24.5. The van der Waals surface area contributed by atoms with E-state index in [0.717, 1.165) is 32.0 Å². The van der Waals surface area contributed by atoms with E-state index < -0.39 is 47.2 Å². The summed E-state index contributed by atoms with van der Waals surface area (Å²) in [5.74, 6) is 1.47. The number of benzene rings is 9. The van der Waals surface area contributed by atoms with Crippen molar-refractivity contribution < 1.29 is 23.2 Å². The van der Waals surface area contributed by atoms with Gasteiger partial charge in [-0.2, -0.15) is 0 Å². The Bertz CT molecular complexity index is 3730. The first-order valence-corrected chi connectivity index (χ1v) is 36.5. The molecular weight excluding hydrogens is 1150 g/mol. The zero-order valence-corrected chi connectivity index (χ0v) is 55.5. The van der Waals surface area contributed by atoms with E-state index in [0.29, 0.717) is 0 Å². The lowest BCUT2D eigenvalue weighted by Crippen LogP contribution is -2.32. The third-order valence-corrected chi connectivity index (χ3v) is 29.6. The molecular formula is C71H73O5P6S+3. The van der Waals surface area contributed by atoms with E-state index in [9.17, 15) is 13.7 Å². The normalized spacial score (nSPS) is 12.8. The Balaban J connectivity index is 0.000000150. The van der Waals surface area contributed by atoms with Crippen LogP contribution in [0, 0.1) is 13.8 Å². The van der Waals surface area contributed by atoms with Crippen LogP contribution in [-0.2, 0) is 13.7 Å². The number of hydrogen-bond donors (Lipinski definition) is 0. The van der Waals surface area contributed by atoms with Crippen LogP contribution in [0.5, 0.6) is 11.5 Å². The molecule has 1 aliphatic heterocycles. The first-order chi connectivity index (χ1) is 39.7. The molecule has 1 aliphatic rings. The number of ether oxygens (including phenoxy) is 2. The molecule has 1 aromatic heterocycles. The molecule has 2 heterocycles. The largest absolute Gasteiger partial charge is 0.454 e. The Morgan fingerprint density at radius 3 is 1.22 bits per heavy atom. The van der Waals surface area contributed by atoms with Crippen molar-refractivity contribution in [2.24, 2.45) is 0 Å². The molecule has 10 aromatic rings. The van der Waals surface area contributed by atoms with Crippen molar-refractivity contribution in [1.82, 2.24) is 0 Å². The number of thiophene rings is 1. The van der Waals surface area contributed by atoms with Crippen molar-refractivity contribution in [3.05, 3.63) is 242 Å². The zero-order chi connectivity index (χ0) is 59.1. The molecule has 83 heavy (non-hydrogen) atoms. The lowest BCUT2D eigenvalue weighted by molar-refractivity contribution is 0.174. The fraction of sp³-hybridized carbons (Fsp3) is 0.211. The summed E-state index contributed by atoms with van der Waals surface area (Å²) in [5.41, 5.74) is 2.51. The van der Waals surface area contributed by atoms with Gasteiger partial charge < -0.3 is 9.47 Å². The number of rotatable bonds is 12. The van der Waals surface area contributed by atoms with Crippen LogP contribution in [0.1, 0.15) is 73.4 Å². The van der Waals surface area contributed by atoms with E-state index in [1.54, 1.807) is 11.3 Å². The Labute approximate surface area is 503 Å². The van der Waals surface area contributed by atoms with Crippen molar-refractivity contribution in [1.29, 1.82) is 0 Å². The van der Waals surface area contributed by atoms with Gasteiger partial charge >= 0.3 is 23.4 Å². The molecule has 0 spiro atoms. The maximum atomic E-state index is 13.6. The first-order valence-electron chi connectivity index (χ1n) is 27.9. The molecule has 0 N–H and O–H groups in total. The molecule has 9 aromatic carbocycles. The van der Waals surface area contributed by atoms with Crippen LogP contribution < -0.4 is 72.4 Å². The Morgan fingerprint density at radius 1 is 0.373 bits per heavy atom. The lowest BCUT2D eigenvalue weighted by Gasteiger charge is -2.21. The van der Waals surface area contributed by atoms with Crippen LogP contribution in [0.2, 0.25) is 0 Å². The van der Waals surface area contributed by atoms with Gasteiger partial charge in [-0.3, -0.25) is 0 Å². The SMILES string of the molecule is CC(C)(C)[P+](=O)c1ccc2c(c1P(c1ccccc1)c1ccccc1)OCO2.CC(C)(C)[P+](=O)c1sc2ccccc2c1P(c1ccccc1)c1ccccc1.Cc1ccc(P(c2ccc(C)cc2)c2ccccc2[P+](=O)C(C)(C)C)cc1. The summed E-state index contributed by atoms with van der Waals surface area (Å²) in [7, 11) is -7.11. The quantitative estimate of drug-likeness (QED) is 0.114. The van der Waals surface area contributed by atoms with Gasteiger partial charge in [0, 0.05) is 15.4 Å². The highest BCUT2D eigenvalue weighted by Crippen LogP contribution is 2.48. The summed E-state index contributed by atoms with van der Waals surface area (Å²) < 4.78 is 54.3. The molecule has 3 atom stereocenters.